The van der Waals surface area contributed by atoms with Crippen molar-refractivity contribution >= 4 is 23.3 Å². The predicted octanol–water partition coefficient (Wildman–Crippen LogP) is 2.36. The molecule has 0 aromatic carbocycles. The van der Waals surface area contributed by atoms with Crippen molar-refractivity contribution < 1.29 is 18.7 Å². The maximum absolute atomic E-state index is 13.9. The molecular weight excluding hydrogens is 280 g/mol. The fraction of sp³-hybridized carbons (Fsp3) is 0. The van der Waals surface area contributed by atoms with Crippen molar-refractivity contribution in [3.63, 3.8) is 0 Å². The first-order chi connectivity index (χ1) is 8.91. The number of anilines is 1. The second-order valence-electron chi connectivity index (χ2n) is 3.53. The molecular formula is C11H6ClF2N3O2. The minimum absolute atomic E-state index is 0.0877. The van der Waals surface area contributed by atoms with E-state index in [1.54, 1.807) is 0 Å². The molecule has 3 N–H and O–H groups in total. The Bertz CT molecular complexity index is 662. The molecule has 2 aromatic rings. The quantitative estimate of drug-likeness (QED) is 0.827. The summed E-state index contributed by atoms with van der Waals surface area (Å²) in [6.07, 6.45) is 1.01. The van der Waals surface area contributed by atoms with Crippen LogP contribution in [0.2, 0.25) is 5.02 Å². The summed E-state index contributed by atoms with van der Waals surface area (Å²) in [5, 5.41) is 8.41. The molecule has 8 heteroatoms. The highest BCUT2D eigenvalue weighted by Crippen LogP contribution is 2.31. The Morgan fingerprint density at radius 3 is 2.58 bits per heavy atom. The Morgan fingerprint density at radius 1 is 1.37 bits per heavy atom. The van der Waals surface area contributed by atoms with Crippen LogP contribution in [0.4, 0.5) is 14.5 Å². The van der Waals surface area contributed by atoms with E-state index >= 15 is 0 Å². The maximum atomic E-state index is 13.9. The highest BCUT2D eigenvalue weighted by atomic mass is 35.5. The number of halogens is 3. The number of rotatable bonds is 2. The van der Waals surface area contributed by atoms with E-state index in [1.807, 2.05) is 0 Å². The largest absolute Gasteiger partial charge is 0.476 e. The van der Waals surface area contributed by atoms with E-state index in [2.05, 4.69) is 9.97 Å². The van der Waals surface area contributed by atoms with Crippen LogP contribution in [0.5, 0.6) is 0 Å². The summed E-state index contributed by atoms with van der Waals surface area (Å²) >= 11 is 5.59. The van der Waals surface area contributed by atoms with Gasteiger partial charge >= 0.3 is 5.97 Å². The first kappa shape index (κ1) is 13.2. The molecule has 2 rings (SSSR count). The van der Waals surface area contributed by atoms with E-state index in [-0.39, 0.29) is 11.3 Å². The predicted molar refractivity (Wildman–Crippen MR) is 63.8 cm³/mol. The molecule has 0 radical (unpaired) electrons. The average Bonchev–Trinajstić information content (AvgIpc) is 2.37. The van der Waals surface area contributed by atoms with Crippen molar-refractivity contribution in [2.45, 2.75) is 0 Å². The Labute approximate surface area is 110 Å². The number of aromatic nitrogens is 2. The molecule has 0 aliphatic carbocycles. The van der Waals surface area contributed by atoms with Gasteiger partial charge in [0, 0.05) is 11.8 Å². The van der Waals surface area contributed by atoms with Gasteiger partial charge in [-0.05, 0) is 12.1 Å². The van der Waals surface area contributed by atoms with Gasteiger partial charge in [-0.25, -0.2) is 19.2 Å². The molecule has 0 saturated heterocycles. The normalized spacial score (nSPS) is 10.5. The smallest absolute Gasteiger partial charge is 0.356 e. The molecule has 0 unspecified atom stereocenters. The van der Waals surface area contributed by atoms with Gasteiger partial charge < -0.3 is 10.8 Å². The summed E-state index contributed by atoms with van der Waals surface area (Å²) in [6, 6.07) is 2.19. The lowest BCUT2D eigenvalue weighted by molar-refractivity contribution is 0.0691. The maximum Gasteiger partial charge on any atom is 0.356 e. The number of nitrogens with two attached hydrogens (primary N) is 1. The van der Waals surface area contributed by atoms with Crippen LogP contribution in [0, 0.1) is 11.8 Å². The Kier molecular flexibility index (Phi) is 3.30. The van der Waals surface area contributed by atoms with Gasteiger partial charge in [-0.2, -0.15) is 4.39 Å². The highest BCUT2D eigenvalue weighted by molar-refractivity contribution is 6.35. The minimum Gasteiger partial charge on any atom is -0.476 e. The van der Waals surface area contributed by atoms with Crippen LogP contribution in [-0.4, -0.2) is 21.0 Å². The van der Waals surface area contributed by atoms with Crippen molar-refractivity contribution in [2.24, 2.45) is 0 Å². The third-order valence-electron chi connectivity index (χ3n) is 2.32. The molecule has 0 atom stereocenters. The summed E-state index contributed by atoms with van der Waals surface area (Å²) in [5.74, 6) is -3.19. The Morgan fingerprint density at radius 2 is 2.05 bits per heavy atom. The first-order valence-corrected chi connectivity index (χ1v) is 5.29. The molecule has 0 aliphatic heterocycles. The topological polar surface area (TPSA) is 89.1 Å². The lowest BCUT2D eigenvalue weighted by Gasteiger charge is -2.08. The Balaban J connectivity index is 2.70. The summed E-state index contributed by atoms with van der Waals surface area (Å²) < 4.78 is 26.6. The molecule has 0 bridgehead atoms. The SMILES string of the molecule is Nc1c(F)c(-c2ccc(F)nc2)nc(C(=O)O)c1Cl. The highest BCUT2D eigenvalue weighted by Gasteiger charge is 2.21. The summed E-state index contributed by atoms with van der Waals surface area (Å²) in [6.45, 7) is 0. The molecule has 0 spiro atoms. The summed E-state index contributed by atoms with van der Waals surface area (Å²) in [5.41, 5.74) is 4.00. The number of hydrogen-bond acceptors (Lipinski definition) is 4. The van der Waals surface area contributed by atoms with Crippen LogP contribution in [0.25, 0.3) is 11.3 Å². The van der Waals surface area contributed by atoms with Crippen LogP contribution in [0.15, 0.2) is 18.3 Å². The van der Waals surface area contributed by atoms with E-state index in [9.17, 15) is 13.6 Å². The lowest BCUT2D eigenvalue weighted by Crippen LogP contribution is -2.08. The zero-order valence-corrected chi connectivity index (χ0v) is 9.95. The molecule has 98 valence electrons. The third-order valence-corrected chi connectivity index (χ3v) is 2.70. The number of carboxylic acids is 1. The van der Waals surface area contributed by atoms with Crippen molar-refractivity contribution in [1.82, 2.24) is 9.97 Å². The third kappa shape index (κ3) is 2.32. The molecule has 0 aliphatic rings. The zero-order chi connectivity index (χ0) is 14.2. The van der Waals surface area contributed by atoms with Gasteiger partial charge in [0.25, 0.3) is 0 Å². The molecule has 5 nitrogen and oxygen atoms in total. The van der Waals surface area contributed by atoms with E-state index in [1.165, 1.54) is 6.07 Å². The number of aromatic carboxylic acids is 1. The van der Waals surface area contributed by atoms with E-state index < -0.39 is 34.1 Å². The van der Waals surface area contributed by atoms with Crippen LogP contribution in [0.3, 0.4) is 0 Å². The van der Waals surface area contributed by atoms with Crippen LogP contribution >= 0.6 is 11.6 Å². The van der Waals surface area contributed by atoms with Crippen molar-refractivity contribution in [1.29, 1.82) is 0 Å². The second-order valence-corrected chi connectivity index (χ2v) is 3.90. The van der Waals surface area contributed by atoms with Crippen molar-refractivity contribution in [2.75, 3.05) is 5.73 Å². The van der Waals surface area contributed by atoms with Crippen molar-refractivity contribution in [3.8, 4) is 11.3 Å². The minimum atomic E-state index is -1.45. The van der Waals surface area contributed by atoms with E-state index in [0.29, 0.717) is 0 Å². The molecule has 2 aromatic heterocycles. The van der Waals surface area contributed by atoms with Gasteiger partial charge in [0.15, 0.2) is 11.5 Å². The summed E-state index contributed by atoms with van der Waals surface area (Å²) in [4.78, 5) is 17.8. The molecule has 0 amide bonds. The Hall–Kier alpha value is -2.28. The van der Waals surface area contributed by atoms with Gasteiger partial charge in [-0.1, -0.05) is 11.6 Å². The van der Waals surface area contributed by atoms with Gasteiger partial charge in [0.2, 0.25) is 5.95 Å². The van der Waals surface area contributed by atoms with Crippen LogP contribution in [0.1, 0.15) is 10.5 Å². The van der Waals surface area contributed by atoms with Crippen LogP contribution < -0.4 is 5.73 Å². The lowest BCUT2D eigenvalue weighted by atomic mass is 10.1. The number of carboxylic acid groups (broad SMARTS) is 1. The number of hydrogen-bond donors (Lipinski definition) is 2. The monoisotopic (exact) mass is 285 g/mol. The first-order valence-electron chi connectivity index (χ1n) is 4.91. The standard InChI is InChI=1S/C11H6ClF2N3O2/c12-6-8(15)7(14)9(17-10(6)11(18)19)4-1-2-5(13)16-3-4/h1-3H,(H2,15,17)(H,18,19). The van der Waals surface area contributed by atoms with E-state index in [4.69, 9.17) is 22.4 Å². The summed E-state index contributed by atoms with van der Waals surface area (Å²) in [7, 11) is 0. The number of pyridine rings is 2. The molecule has 0 fully saturated rings. The van der Waals surface area contributed by atoms with Crippen LogP contribution in [-0.2, 0) is 0 Å². The number of nitrogens with zero attached hydrogens (tertiary/aromatic N) is 2. The van der Waals surface area contributed by atoms with E-state index in [0.717, 1.165) is 12.3 Å². The second kappa shape index (κ2) is 4.77. The molecule has 19 heavy (non-hydrogen) atoms. The average molecular weight is 286 g/mol. The van der Waals surface area contributed by atoms with Gasteiger partial charge in [-0.15, -0.1) is 0 Å². The van der Waals surface area contributed by atoms with Gasteiger partial charge in [0.1, 0.15) is 5.69 Å². The van der Waals surface area contributed by atoms with Gasteiger partial charge in [-0.3, -0.25) is 0 Å². The molecule has 0 saturated carbocycles. The fourth-order valence-electron chi connectivity index (χ4n) is 1.41. The number of nitrogen functional groups attached to an aromatic ring is 1. The van der Waals surface area contributed by atoms with Crippen molar-refractivity contribution in [3.05, 3.63) is 40.8 Å². The fourth-order valence-corrected chi connectivity index (χ4v) is 1.62. The van der Waals surface area contributed by atoms with Gasteiger partial charge in [0.05, 0.1) is 10.7 Å². The zero-order valence-electron chi connectivity index (χ0n) is 9.19. The number of carbonyl (C=O) groups is 1. The molecule has 2 heterocycles.